The van der Waals surface area contributed by atoms with Crippen molar-refractivity contribution in [2.45, 2.75) is 25.4 Å². The molecule has 0 atom stereocenters. The summed E-state index contributed by atoms with van der Waals surface area (Å²) in [7, 11) is 0. The van der Waals surface area contributed by atoms with Gasteiger partial charge in [-0.1, -0.05) is 13.3 Å². The summed E-state index contributed by atoms with van der Waals surface area (Å²) in [6, 6.07) is 0. The summed E-state index contributed by atoms with van der Waals surface area (Å²) >= 11 is 0. The lowest BCUT2D eigenvalue weighted by molar-refractivity contribution is -0.164. The van der Waals surface area contributed by atoms with Crippen LogP contribution in [0.25, 0.3) is 0 Å². The van der Waals surface area contributed by atoms with E-state index >= 15 is 4.39 Å². The van der Waals surface area contributed by atoms with Gasteiger partial charge in [-0.2, -0.15) is 17.6 Å². The molecule has 2 rings (SSSR count). The molecule has 0 heterocycles. The molecule has 0 aliphatic rings. The van der Waals surface area contributed by atoms with E-state index in [4.69, 9.17) is 0 Å². The number of carbonyl (C=O) groups excluding carboxylic acids is 2. The van der Waals surface area contributed by atoms with Crippen LogP contribution in [0.5, 0.6) is 11.5 Å². The molecule has 0 aromatic heterocycles. The first kappa shape index (κ1) is 25.9. The molecule has 4 nitrogen and oxygen atoms in total. The first-order valence-electron chi connectivity index (χ1n) is 8.36. The molecule has 180 valence electrons. The van der Waals surface area contributed by atoms with Crippen molar-refractivity contribution in [2.24, 2.45) is 0 Å². The summed E-state index contributed by atoms with van der Waals surface area (Å²) in [5.41, 5.74) is -4.25. The molecule has 0 N–H and O–H groups in total. The Hall–Kier alpha value is -3.39. The van der Waals surface area contributed by atoms with E-state index in [9.17, 15) is 53.5 Å². The van der Waals surface area contributed by atoms with Gasteiger partial charge in [-0.05, 0) is 0 Å². The Kier molecular flexibility index (Phi) is 7.23. The van der Waals surface area contributed by atoms with Gasteiger partial charge in [0.15, 0.2) is 0 Å². The monoisotopic (exact) mass is 496 g/mol. The first-order valence-corrected chi connectivity index (χ1v) is 8.36. The van der Waals surface area contributed by atoms with E-state index in [1.165, 1.54) is 0 Å². The van der Waals surface area contributed by atoms with Gasteiger partial charge in [0.2, 0.25) is 69.7 Å². The number of carbonyl (C=O) groups is 2. The molecular weight excluding hydrogens is 489 g/mol. The Balaban J connectivity index is 2.50. The lowest BCUT2D eigenvalue weighted by Gasteiger charge is -2.21. The van der Waals surface area contributed by atoms with Crippen LogP contribution in [0, 0.1) is 58.2 Å². The predicted molar refractivity (Wildman–Crippen MR) is 82.5 cm³/mol. The summed E-state index contributed by atoms with van der Waals surface area (Å²) in [6.45, 7) is 1.08. The minimum absolute atomic E-state index is 0.519. The molecule has 33 heavy (non-hydrogen) atoms. The maximum Gasteiger partial charge on any atom is 0.361 e. The van der Waals surface area contributed by atoms with Crippen molar-refractivity contribution in [3.63, 3.8) is 0 Å². The molecular formula is C18H7F11O4. The highest BCUT2D eigenvalue weighted by atomic mass is 19.2. The van der Waals surface area contributed by atoms with E-state index in [2.05, 4.69) is 9.47 Å². The Morgan fingerprint density at radius 3 is 1.06 bits per heavy atom. The van der Waals surface area contributed by atoms with E-state index in [0.29, 0.717) is 0 Å². The van der Waals surface area contributed by atoms with E-state index in [1.807, 2.05) is 0 Å². The number of hydrogen-bond acceptors (Lipinski definition) is 4. The average Bonchev–Trinajstić information content (AvgIpc) is 2.79. The molecule has 0 radical (unpaired) electrons. The molecule has 0 unspecified atom stereocenters. The van der Waals surface area contributed by atoms with Gasteiger partial charge in [-0.25, -0.2) is 40.3 Å². The molecule has 0 amide bonds. The maximum absolute atomic E-state index is 15.1. The van der Waals surface area contributed by atoms with Crippen molar-refractivity contribution in [3.8, 4) is 11.5 Å². The zero-order chi connectivity index (χ0) is 25.4. The van der Waals surface area contributed by atoms with Crippen molar-refractivity contribution in [1.29, 1.82) is 0 Å². The Bertz CT molecular complexity index is 1010. The summed E-state index contributed by atoms with van der Waals surface area (Å²) in [5, 5.41) is 0. The third-order valence-electron chi connectivity index (χ3n) is 3.97. The van der Waals surface area contributed by atoms with E-state index in [0.717, 1.165) is 6.92 Å². The van der Waals surface area contributed by atoms with Gasteiger partial charge >= 0.3 is 17.6 Å². The van der Waals surface area contributed by atoms with Crippen LogP contribution >= 0.6 is 0 Å². The van der Waals surface area contributed by atoms with Crippen molar-refractivity contribution in [3.05, 3.63) is 58.2 Å². The average molecular weight is 496 g/mol. The van der Waals surface area contributed by atoms with Gasteiger partial charge in [0.25, 0.3) is 0 Å². The SMILES string of the molecule is CCCC(F)(C(=O)Oc1c(F)c(F)c(F)c(F)c1F)C(=O)Oc1c(F)c(F)c(F)c(F)c1F. The highest BCUT2D eigenvalue weighted by Crippen LogP contribution is 2.34. The molecule has 0 fully saturated rings. The highest BCUT2D eigenvalue weighted by molar-refractivity contribution is 6.05. The van der Waals surface area contributed by atoms with Gasteiger partial charge in [0.1, 0.15) is 0 Å². The molecule has 0 saturated heterocycles. The number of halogens is 11. The minimum atomic E-state index is -4.25. The van der Waals surface area contributed by atoms with Crippen LogP contribution in [0.3, 0.4) is 0 Å². The maximum atomic E-state index is 15.1. The van der Waals surface area contributed by atoms with Crippen molar-refractivity contribution >= 4 is 11.9 Å². The van der Waals surface area contributed by atoms with Crippen molar-refractivity contribution < 1.29 is 67.4 Å². The fourth-order valence-electron chi connectivity index (χ4n) is 2.33. The Morgan fingerprint density at radius 1 is 0.576 bits per heavy atom. The zero-order valence-electron chi connectivity index (χ0n) is 15.7. The first-order chi connectivity index (χ1) is 15.2. The lowest BCUT2D eigenvalue weighted by Crippen LogP contribution is -2.48. The second-order valence-corrected chi connectivity index (χ2v) is 6.13. The van der Waals surface area contributed by atoms with Gasteiger partial charge in [-0.15, -0.1) is 0 Å². The third kappa shape index (κ3) is 4.30. The van der Waals surface area contributed by atoms with Gasteiger partial charge in [0.05, 0.1) is 0 Å². The standard InChI is InChI=1S/C18H7F11O4/c1-2-3-18(29,16(30)32-14-10(25)6(21)4(19)7(22)11(14)26)17(31)33-15-12(27)8(23)5(20)9(24)13(15)28/h2-3H2,1H3. The molecule has 0 aliphatic heterocycles. The van der Waals surface area contributed by atoms with Crippen LogP contribution in [0.15, 0.2) is 0 Å². The second kappa shape index (κ2) is 9.23. The van der Waals surface area contributed by atoms with Gasteiger partial charge in [-0.3, -0.25) is 0 Å². The zero-order valence-corrected chi connectivity index (χ0v) is 15.7. The largest absolute Gasteiger partial charge is 0.417 e. The van der Waals surface area contributed by atoms with Crippen LogP contribution in [0.2, 0.25) is 0 Å². The number of benzene rings is 2. The summed E-state index contributed by atoms with van der Waals surface area (Å²) in [6.07, 6.45) is -1.86. The fraction of sp³-hybridized carbons (Fsp3) is 0.222. The molecule has 0 aliphatic carbocycles. The summed E-state index contributed by atoms with van der Waals surface area (Å²) in [5.74, 6) is -36.8. The van der Waals surface area contributed by atoms with Crippen molar-refractivity contribution in [2.75, 3.05) is 0 Å². The normalized spacial score (nSPS) is 11.5. The van der Waals surface area contributed by atoms with Crippen molar-refractivity contribution in [1.82, 2.24) is 0 Å². The summed E-state index contributed by atoms with van der Waals surface area (Å²) in [4.78, 5) is 24.1. The Labute approximate surface area is 175 Å². The predicted octanol–water partition coefficient (Wildman–Crippen LogP) is 5.10. The van der Waals surface area contributed by atoms with Crippen LogP contribution in [-0.2, 0) is 9.59 Å². The summed E-state index contributed by atoms with van der Waals surface area (Å²) < 4.78 is 156. The smallest absolute Gasteiger partial charge is 0.361 e. The number of hydrogen-bond donors (Lipinski definition) is 0. The van der Waals surface area contributed by atoms with Crippen LogP contribution in [-0.4, -0.2) is 17.6 Å². The number of rotatable bonds is 6. The molecule has 0 bridgehead atoms. The molecule has 15 heteroatoms. The second-order valence-electron chi connectivity index (χ2n) is 6.13. The molecule has 2 aromatic carbocycles. The number of ether oxygens (including phenoxy) is 2. The fourth-order valence-corrected chi connectivity index (χ4v) is 2.33. The highest BCUT2D eigenvalue weighted by Gasteiger charge is 2.51. The van der Waals surface area contributed by atoms with E-state index < -0.39 is 100 Å². The Morgan fingerprint density at radius 2 is 0.818 bits per heavy atom. The third-order valence-corrected chi connectivity index (χ3v) is 3.97. The number of alkyl halides is 1. The topological polar surface area (TPSA) is 52.6 Å². The van der Waals surface area contributed by atoms with Crippen LogP contribution in [0.1, 0.15) is 19.8 Å². The van der Waals surface area contributed by atoms with Crippen LogP contribution < -0.4 is 9.47 Å². The lowest BCUT2D eigenvalue weighted by atomic mass is 10.0. The minimum Gasteiger partial charge on any atom is -0.417 e. The van der Waals surface area contributed by atoms with Gasteiger partial charge in [0, 0.05) is 6.42 Å². The van der Waals surface area contributed by atoms with Gasteiger partial charge < -0.3 is 9.47 Å². The van der Waals surface area contributed by atoms with E-state index in [-0.39, 0.29) is 0 Å². The van der Waals surface area contributed by atoms with Crippen LogP contribution in [0.4, 0.5) is 48.3 Å². The molecule has 0 spiro atoms. The quantitative estimate of drug-likeness (QED) is 0.140. The molecule has 0 saturated carbocycles. The molecule has 2 aromatic rings. The van der Waals surface area contributed by atoms with E-state index in [1.54, 1.807) is 0 Å². The number of esters is 2.